The second-order valence-corrected chi connectivity index (χ2v) is 6.31. The molecule has 1 aliphatic rings. The molecule has 0 aliphatic carbocycles. The van der Waals surface area contributed by atoms with Gasteiger partial charge in [0.25, 0.3) is 5.91 Å². The smallest absolute Gasteiger partial charge is 0.269 e. The summed E-state index contributed by atoms with van der Waals surface area (Å²) in [7, 11) is 1.58. The Kier molecular flexibility index (Phi) is 5.03. The van der Waals surface area contributed by atoms with Crippen LogP contribution < -0.4 is 5.32 Å². The first-order chi connectivity index (χ1) is 12.1. The van der Waals surface area contributed by atoms with E-state index in [1.165, 1.54) is 5.56 Å². The number of amides is 1. The molecule has 2 heterocycles. The number of carbonyl (C=O) groups excluding carboxylic acids is 2. The maximum atomic E-state index is 12.4. The van der Waals surface area contributed by atoms with E-state index in [9.17, 15) is 9.59 Å². The summed E-state index contributed by atoms with van der Waals surface area (Å²) in [4.78, 5) is 32.8. The molecule has 1 aliphatic heterocycles. The molecule has 3 rings (SSSR count). The Labute approximate surface area is 147 Å². The normalized spacial score (nSPS) is 13.8. The van der Waals surface area contributed by atoms with Gasteiger partial charge in [-0.05, 0) is 23.1 Å². The number of hydrogen-bond acceptors (Lipinski definition) is 4. The Morgan fingerprint density at radius 1 is 1.24 bits per heavy atom. The number of carbonyl (C=O) groups is 2. The summed E-state index contributed by atoms with van der Waals surface area (Å²) >= 11 is 0. The van der Waals surface area contributed by atoms with Crippen LogP contribution in [0.15, 0.2) is 47.6 Å². The summed E-state index contributed by atoms with van der Waals surface area (Å²) in [6.07, 6.45) is 2.45. The van der Waals surface area contributed by atoms with Gasteiger partial charge in [0.2, 0.25) is 0 Å². The monoisotopic (exact) mass is 335 g/mol. The van der Waals surface area contributed by atoms with Gasteiger partial charge in [-0.3, -0.25) is 19.6 Å². The van der Waals surface area contributed by atoms with Crippen molar-refractivity contribution in [1.29, 1.82) is 0 Å². The van der Waals surface area contributed by atoms with E-state index in [2.05, 4.69) is 22.2 Å². The van der Waals surface area contributed by atoms with Crippen molar-refractivity contribution in [3.63, 3.8) is 0 Å². The molecule has 2 aromatic rings. The molecule has 1 aromatic heterocycles. The van der Waals surface area contributed by atoms with E-state index in [1.54, 1.807) is 13.2 Å². The van der Waals surface area contributed by atoms with E-state index in [4.69, 9.17) is 0 Å². The van der Waals surface area contributed by atoms with Gasteiger partial charge in [-0.1, -0.05) is 37.3 Å². The highest BCUT2D eigenvalue weighted by Crippen LogP contribution is 2.22. The lowest BCUT2D eigenvalue weighted by molar-refractivity contribution is -0.118. The van der Waals surface area contributed by atoms with E-state index >= 15 is 0 Å². The van der Waals surface area contributed by atoms with Gasteiger partial charge in [-0.25, -0.2) is 0 Å². The van der Waals surface area contributed by atoms with E-state index in [0.717, 1.165) is 16.8 Å². The van der Waals surface area contributed by atoms with Crippen molar-refractivity contribution in [2.75, 3.05) is 7.05 Å². The Morgan fingerprint density at radius 2 is 2.00 bits per heavy atom. The Balaban J connectivity index is 1.65. The lowest BCUT2D eigenvalue weighted by Gasteiger charge is -2.11. The molecule has 128 valence electrons. The molecule has 0 bridgehead atoms. The topological polar surface area (TPSA) is 71.4 Å². The molecule has 5 heteroatoms. The summed E-state index contributed by atoms with van der Waals surface area (Å²) in [5.74, 6) is 0.140. The van der Waals surface area contributed by atoms with Crippen LogP contribution in [0.25, 0.3) is 0 Å². The average Bonchev–Trinajstić information content (AvgIpc) is 3.04. The van der Waals surface area contributed by atoms with Crippen molar-refractivity contribution in [2.24, 2.45) is 4.99 Å². The van der Waals surface area contributed by atoms with Gasteiger partial charge in [0, 0.05) is 37.3 Å². The highest BCUT2D eigenvalue weighted by atomic mass is 16.1. The molecule has 0 spiro atoms. The van der Waals surface area contributed by atoms with Gasteiger partial charge >= 0.3 is 0 Å². The molecule has 0 saturated heterocycles. The molecule has 1 N–H and O–H groups in total. The molecular formula is C20H21N3O2. The Bertz CT molecular complexity index is 828. The van der Waals surface area contributed by atoms with Crippen molar-refractivity contribution < 1.29 is 9.59 Å². The number of pyridine rings is 1. The second-order valence-electron chi connectivity index (χ2n) is 6.31. The lowest BCUT2D eigenvalue weighted by atomic mass is 9.94. The number of fused-ring (bicyclic) bond motifs is 1. The van der Waals surface area contributed by atoms with Crippen LogP contribution in [0.5, 0.6) is 0 Å². The molecule has 25 heavy (non-hydrogen) atoms. The van der Waals surface area contributed by atoms with E-state index in [-0.39, 0.29) is 17.6 Å². The highest BCUT2D eigenvalue weighted by molar-refractivity contribution is 6.46. The lowest BCUT2D eigenvalue weighted by Crippen LogP contribution is -2.27. The van der Waals surface area contributed by atoms with Crippen molar-refractivity contribution >= 4 is 17.4 Å². The summed E-state index contributed by atoms with van der Waals surface area (Å²) in [6, 6.07) is 11.9. The fourth-order valence-electron chi connectivity index (χ4n) is 3.06. The van der Waals surface area contributed by atoms with E-state index in [1.807, 2.05) is 36.4 Å². The van der Waals surface area contributed by atoms with Gasteiger partial charge < -0.3 is 5.32 Å². The third-order valence-corrected chi connectivity index (χ3v) is 4.43. The minimum absolute atomic E-state index is 0.161. The van der Waals surface area contributed by atoms with Crippen molar-refractivity contribution in [3.05, 3.63) is 65.0 Å². The molecule has 0 radical (unpaired) electrons. The third-order valence-electron chi connectivity index (χ3n) is 4.43. The van der Waals surface area contributed by atoms with Crippen LogP contribution in [0, 0.1) is 0 Å². The molecule has 1 amide bonds. The molecule has 5 nitrogen and oxygen atoms in total. The predicted molar refractivity (Wildman–Crippen MR) is 96.7 cm³/mol. The summed E-state index contributed by atoms with van der Waals surface area (Å²) in [5.41, 5.74) is 4.03. The zero-order valence-corrected chi connectivity index (χ0v) is 14.5. The highest BCUT2D eigenvalue weighted by Gasteiger charge is 2.22. The first kappa shape index (κ1) is 17.0. The number of benzene rings is 1. The Morgan fingerprint density at radius 3 is 2.72 bits per heavy atom. The number of ketones is 1. The van der Waals surface area contributed by atoms with Crippen LogP contribution in [0.4, 0.5) is 0 Å². The van der Waals surface area contributed by atoms with Crippen LogP contribution >= 0.6 is 0 Å². The maximum Gasteiger partial charge on any atom is 0.269 e. The molecule has 0 fully saturated rings. The first-order valence-electron chi connectivity index (χ1n) is 8.40. The number of aliphatic imine (C=N–C) groups is 1. The van der Waals surface area contributed by atoms with Crippen LogP contribution in [0.2, 0.25) is 0 Å². The molecule has 1 aromatic carbocycles. The molecule has 1 atom stereocenters. The van der Waals surface area contributed by atoms with Crippen LogP contribution in [0.1, 0.15) is 41.6 Å². The fourth-order valence-corrected chi connectivity index (χ4v) is 3.06. The average molecular weight is 335 g/mol. The van der Waals surface area contributed by atoms with Gasteiger partial charge in [0.05, 0.1) is 6.54 Å². The largest absolute Gasteiger partial charge is 0.354 e. The van der Waals surface area contributed by atoms with Gasteiger partial charge in [0.15, 0.2) is 0 Å². The third kappa shape index (κ3) is 3.82. The summed E-state index contributed by atoms with van der Waals surface area (Å²) in [6.45, 7) is 2.52. The van der Waals surface area contributed by atoms with Crippen LogP contribution in [-0.4, -0.2) is 29.4 Å². The molecular weight excluding hydrogens is 314 g/mol. The number of hydrogen-bond donors (Lipinski definition) is 1. The summed E-state index contributed by atoms with van der Waals surface area (Å²) < 4.78 is 0. The van der Waals surface area contributed by atoms with Crippen LogP contribution in [0.3, 0.4) is 0 Å². The number of rotatable bonds is 6. The fraction of sp³-hybridized carbons (Fsp3) is 0.300. The molecule has 0 saturated carbocycles. The quantitative estimate of drug-likeness (QED) is 0.881. The van der Waals surface area contributed by atoms with Crippen LogP contribution in [-0.2, 0) is 22.6 Å². The molecule has 0 unspecified atom stereocenters. The number of likely N-dealkylation sites (N-methyl/N-ethyl adjacent to an activating group) is 1. The van der Waals surface area contributed by atoms with E-state index < -0.39 is 0 Å². The zero-order chi connectivity index (χ0) is 17.8. The zero-order valence-electron chi connectivity index (χ0n) is 14.5. The number of nitrogens with zero attached hydrogens (tertiary/aromatic N) is 2. The van der Waals surface area contributed by atoms with Crippen molar-refractivity contribution in [3.8, 4) is 0 Å². The van der Waals surface area contributed by atoms with Crippen molar-refractivity contribution in [2.45, 2.75) is 32.2 Å². The van der Waals surface area contributed by atoms with Gasteiger partial charge in [0.1, 0.15) is 11.5 Å². The standard InChI is InChI=1S/C20H21N3O2/c1-13(14-6-4-3-5-7-14)8-17(24)10-16-9-15-11-23-19(20(25)21-2)18(15)12-22-16/h3-7,9,12-13H,8,10-11H2,1-2H3,(H,21,25)/t13-/m0/s1. The minimum atomic E-state index is -0.207. The predicted octanol–water partition coefficient (Wildman–Crippen LogP) is 2.44. The Hall–Kier alpha value is -2.82. The first-order valence-corrected chi connectivity index (χ1v) is 8.40. The van der Waals surface area contributed by atoms with Gasteiger partial charge in [-0.15, -0.1) is 0 Å². The van der Waals surface area contributed by atoms with Crippen molar-refractivity contribution in [1.82, 2.24) is 10.3 Å². The second kappa shape index (κ2) is 7.38. The summed E-state index contributed by atoms with van der Waals surface area (Å²) in [5, 5.41) is 2.58. The van der Waals surface area contributed by atoms with E-state index in [0.29, 0.717) is 25.1 Å². The number of Topliss-reactive ketones (excluding diaryl/α,β-unsaturated/α-hetero) is 1. The minimum Gasteiger partial charge on any atom is -0.354 e. The number of nitrogens with one attached hydrogen (secondary N) is 1. The number of aromatic nitrogens is 1. The SMILES string of the molecule is CNC(=O)C1=NCc2cc(CC(=O)C[C@H](C)c3ccccc3)ncc21. The van der Waals surface area contributed by atoms with Gasteiger partial charge in [-0.2, -0.15) is 0 Å². The maximum absolute atomic E-state index is 12.4.